The zero-order chi connectivity index (χ0) is 22.6. The van der Waals surface area contributed by atoms with Gasteiger partial charge in [-0.3, -0.25) is 4.72 Å². The van der Waals surface area contributed by atoms with Gasteiger partial charge in [-0.1, -0.05) is 23.7 Å². The fourth-order valence-corrected chi connectivity index (χ4v) is 3.95. The van der Waals surface area contributed by atoms with Gasteiger partial charge < -0.3 is 20.3 Å². The summed E-state index contributed by atoms with van der Waals surface area (Å²) < 4.78 is 31.2. The van der Waals surface area contributed by atoms with Gasteiger partial charge in [0, 0.05) is 24.5 Å². The largest absolute Gasteiger partial charge is 0.378 e. The Morgan fingerprint density at radius 1 is 1.00 bits per heavy atom. The van der Waals surface area contributed by atoms with Gasteiger partial charge in [-0.2, -0.15) is 4.98 Å². The maximum absolute atomic E-state index is 11.6. The lowest BCUT2D eigenvalue weighted by Gasteiger charge is -2.28. The fourth-order valence-electron chi connectivity index (χ4n) is 3.23. The zero-order valence-electron chi connectivity index (χ0n) is 17.4. The third-order valence-corrected chi connectivity index (χ3v) is 5.59. The summed E-state index contributed by atoms with van der Waals surface area (Å²) in [5, 5.41) is 6.54. The minimum atomic E-state index is -3.44. The number of hydrogen-bond donors (Lipinski definition) is 3. The number of halogens is 1. The number of nitrogens with one attached hydrogen (secondary N) is 3. The second kappa shape index (κ2) is 9.60. The molecule has 3 N–H and O–H groups in total. The van der Waals surface area contributed by atoms with E-state index in [4.69, 9.17) is 16.3 Å². The second-order valence-corrected chi connectivity index (χ2v) is 9.36. The van der Waals surface area contributed by atoms with Crippen LogP contribution in [0.5, 0.6) is 0 Å². The van der Waals surface area contributed by atoms with Crippen LogP contribution in [-0.4, -0.2) is 50.9 Å². The molecule has 2 aromatic carbocycles. The predicted octanol–water partition coefficient (Wildman–Crippen LogP) is 3.83. The van der Waals surface area contributed by atoms with Crippen LogP contribution in [0.3, 0.4) is 0 Å². The number of aromatic nitrogens is 2. The number of hydrogen-bond acceptors (Lipinski definition) is 8. The molecule has 168 valence electrons. The maximum atomic E-state index is 11.6. The second-order valence-electron chi connectivity index (χ2n) is 7.21. The highest BCUT2D eigenvalue weighted by molar-refractivity contribution is 7.92. The van der Waals surface area contributed by atoms with E-state index in [0.29, 0.717) is 28.2 Å². The van der Waals surface area contributed by atoms with Gasteiger partial charge >= 0.3 is 0 Å². The molecule has 0 spiro atoms. The molecule has 0 unspecified atom stereocenters. The van der Waals surface area contributed by atoms with Crippen molar-refractivity contribution in [3.05, 3.63) is 59.8 Å². The van der Waals surface area contributed by atoms with E-state index in [1.165, 1.54) is 6.20 Å². The molecule has 32 heavy (non-hydrogen) atoms. The monoisotopic (exact) mass is 474 g/mol. The Morgan fingerprint density at radius 3 is 2.38 bits per heavy atom. The molecular formula is C21H23ClN6O3S. The molecular weight excluding hydrogens is 452 g/mol. The van der Waals surface area contributed by atoms with E-state index in [2.05, 4.69) is 30.2 Å². The van der Waals surface area contributed by atoms with Crippen molar-refractivity contribution in [3.8, 4) is 0 Å². The highest BCUT2D eigenvalue weighted by Gasteiger charge is 2.13. The lowest BCUT2D eigenvalue weighted by molar-refractivity contribution is 0.122. The number of para-hydroxylation sites is 2. The number of sulfonamides is 1. The van der Waals surface area contributed by atoms with Crippen molar-refractivity contribution in [1.82, 2.24) is 9.97 Å². The van der Waals surface area contributed by atoms with Crippen LogP contribution in [0.15, 0.2) is 54.7 Å². The molecule has 11 heteroatoms. The molecule has 1 aliphatic heterocycles. The van der Waals surface area contributed by atoms with Crippen molar-refractivity contribution in [2.75, 3.05) is 52.8 Å². The van der Waals surface area contributed by atoms with Gasteiger partial charge in [0.1, 0.15) is 5.02 Å². The first-order valence-corrected chi connectivity index (χ1v) is 12.2. The van der Waals surface area contributed by atoms with Crippen molar-refractivity contribution < 1.29 is 13.2 Å². The fraction of sp³-hybridized carbons (Fsp3) is 0.238. The highest BCUT2D eigenvalue weighted by atomic mass is 35.5. The van der Waals surface area contributed by atoms with Gasteiger partial charge in [0.15, 0.2) is 5.82 Å². The summed E-state index contributed by atoms with van der Waals surface area (Å²) in [4.78, 5) is 11.0. The summed E-state index contributed by atoms with van der Waals surface area (Å²) in [5.74, 6) is 0.696. The van der Waals surface area contributed by atoms with E-state index in [-0.39, 0.29) is 0 Å². The minimum Gasteiger partial charge on any atom is -0.378 e. The third kappa shape index (κ3) is 5.78. The van der Waals surface area contributed by atoms with Gasteiger partial charge in [-0.15, -0.1) is 0 Å². The zero-order valence-corrected chi connectivity index (χ0v) is 18.9. The molecule has 0 radical (unpaired) electrons. The van der Waals surface area contributed by atoms with Crippen LogP contribution in [0.4, 0.5) is 34.5 Å². The molecule has 1 aromatic heterocycles. The topological polar surface area (TPSA) is 108 Å². The molecule has 0 amide bonds. The van der Waals surface area contributed by atoms with Gasteiger partial charge in [-0.25, -0.2) is 13.4 Å². The molecule has 0 atom stereocenters. The summed E-state index contributed by atoms with van der Waals surface area (Å²) in [6, 6.07) is 14.9. The maximum Gasteiger partial charge on any atom is 0.229 e. The number of anilines is 6. The summed E-state index contributed by atoms with van der Waals surface area (Å²) in [5.41, 5.74) is 2.86. The van der Waals surface area contributed by atoms with Crippen molar-refractivity contribution in [2.24, 2.45) is 0 Å². The van der Waals surface area contributed by atoms with Crippen LogP contribution >= 0.6 is 11.6 Å². The minimum absolute atomic E-state index is 0.298. The quantitative estimate of drug-likeness (QED) is 0.474. The van der Waals surface area contributed by atoms with Crippen LogP contribution < -0.4 is 20.3 Å². The van der Waals surface area contributed by atoms with Crippen molar-refractivity contribution >= 4 is 56.1 Å². The Kier molecular flexibility index (Phi) is 6.63. The lowest BCUT2D eigenvalue weighted by Crippen LogP contribution is -2.36. The normalized spacial score (nSPS) is 14.1. The van der Waals surface area contributed by atoms with E-state index >= 15 is 0 Å². The van der Waals surface area contributed by atoms with E-state index in [0.717, 1.165) is 43.9 Å². The number of nitrogens with zero attached hydrogens (tertiary/aromatic N) is 3. The first-order valence-electron chi connectivity index (χ1n) is 9.93. The summed E-state index contributed by atoms with van der Waals surface area (Å²) in [7, 11) is -3.44. The summed E-state index contributed by atoms with van der Waals surface area (Å²) in [6.07, 6.45) is 2.57. The molecule has 0 bridgehead atoms. The van der Waals surface area contributed by atoms with Gasteiger partial charge in [0.05, 0.1) is 37.0 Å². The van der Waals surface area contributed by atoms with E-state index < -0.39 is 10.0 Å². The average Bonchev–Trinajstić information content (AvgIpc) is 2.77. The Hall–Kier alpha value is -3.08. The molecule has 2 heterocycles. The van der Waals surface area contributed by atoms with E-state index in [1.807, 2.05) is 24.3 Å². The molecule has 3 aromatic rings. The van der Waals surface area contributed by atoms with Gasteiger partial charge in [0.25, 0.3) is 0 Å². The molecule has 1 fully saturated rings. The number of ether oxygens (including phenoxy) is 1. The molecule has 1 saturated heterocycles. The van der Waals surface area contributed by atoms with E-state index in [1.54, 1.807) is 24.3 Å². The number of rotatable bonds is 7. The Balaban J connectivity index is 1.50. The average molecular weight is 475 g/mol. The third-order valence-electron chi connectivity index (χ3n) is 4.72. The smallest absolute Gasteiger partial charge is 0.229 e. The molecule has 1 aliphatic rings. The van der Waals surface area contributed by atoms with Crippen molar-refractivity contribution in [1.29, 1.82) is 0 Å². The predicted molar refractivity (Wildman–Crippen MR) is 128 cm³/mol. The van der Waals surface area contributed by atoms with Crippen LogP contribution in [-0.2, 0) is 14.8 Å². The molecule has 0 saturated carbocycles. The Bertz CT molecular complexity index is 1180. The standard InChI is InChI=1S/C21H23ClN6O3S/c1-32(29,30)27-19-5-3-2-4-18(19)25-20-17(22)14-23-21(26-20)24-15-6-8-16(9-7-15)28-10-12-31-13-11-28/h2-9,14,27H,10-13H2,1H3,(H2,23,24,25,26). The lowest BCUT2D eigenvalue weighted by atomic mass is 10.2. The summed E-state index contributed by atoms with van der Waals surface area (Å²) >= 11 is 6.27. The van der Waals surface area contributed by atoms with Crippen LogP contribution in [0.1, 0.15) is 0 Å². The highest BCUT2D eigenvalue weighted by Crippen LogP contribution is 2.30. The van der Waals surface area contributed by atoms with Crippen LogP contribution in [0.2, 0.25) is 5.02 Å². The van der Waals surface area contributed by atoms with Crippen molar-refractivity contribution in [2.45, 2.75) is 0 Å². The summed E-state index contributed by atoms with van der Waals surface area (Å²) in [6.45, 7) is 3.21. The van der Waals surface area contributed by atoms with Gasteiger partial charge in [0.2, 0.25) is 16.0 Å². The molecule has 0 aliphatic carbocycles. The Morgan fingerprint density at radius 2 is 1.69 bits per heavy atom. The van der Waals surface area contributed by atoms with Gasteiger partial charge in [-0.05, 0) is 36.4 Å². The number of benzene rings is 2. The number of morpholine rings is 1. The first kappa shape index (κ1) is 22.1. The molecule has 4 rings (SSSR count). The van der Waals surface area contributed by atoms with Crippen molar-refractivity contribution in [3.63, 3.8) is 0 Å². The SMILES string of the molecule is CS(=O)(=O)Nc1ccccc1Nc1nc(Nc2ccc(N3CCOCC3)cc2)ncc1Cl. The molecule has 9 nitrogen and oxygen atoms in total. The Labute approximate surface area is 191 Å². The first-order chi connectivity index (χ1) is 15.4. The van der Waals surface area contributed by atoms with Crippen LogP contribution in [0.25, 0.3) is 0 Å². The van der Waals surface area contributed by atoms with Crippen LogP contribution in [0, 0.1) is 0 Å². The van der Waals surface area contributed by atoms with E-state index in [9.17, 15) is 8.42 Å².